The third-order valence-corrected chi connectivity index (χ3v) is 2.35. The van der Waals surface area contributed by atoms with Crippen molar-refractivity contribution in [3.8, 4) is 0 Å². The number of aldehydes is 3. The molecule has 0 aromatic heterocycles. The van der Waals surface area contributed by atoms with E-state index in [9.17, 15) is 0 Å². The van der Waals surface area contributed by atoms with Crippen LogP contribution in [0.2, 0.25) is 4.44 Å². The molecule has 19 heavy (non-hydrogen) atoms. The van der Waals surface area contributed by atoms with Gasteiger partial charge in [-0.05, 0) is 0 Å². The van der Waals surface area contributed by atoms with E-state index < -0.39 is 0 Å². The molecule has 8 heteroatoms. The maximum Gasteiger partial charge on any atom is 0.153 e. The first-order valence-electron chi connectivity index (χ1n) is 5.09. The maximum atomic E-state index is 9.01. The Balaban J connectivity index is -0.0000000825. The smallest absolute Gasteiger partial charge is 0.153 e. The molecule has 0 aliphatic heterocycles. The molecule has 0 aromatic rings. The second kappa shape index (κ2) is 36.1. The minimum Gasteiger partial charge on any atom is -0.298 e. The number of hydrogen-bond acceptors (Lipinski definition) is 7. The van der Waals surface area contributed by atoms with Gasteiger partial charge in [-0.3, -0.25) is 14.4 Å². The number of carbonyl (C=O) groups excluding carboxylic acids is 3. The molecule has 0 spiro atoms. The summed E-state index contributed by atoms with van der Waals surface area (Å²) in [5.74, 6) is 0. The molecule has 2 N–H and O–H groups in total. The third kappa shape index (κ3) is 93.7. The van der Waals surface area contributed by atoms with Gasteiger partial charge in [0.25, 0.3) is 0 Å². The molecule has 0 aromatic carbocycles. The van der Waals surface area contributed by atoms with E-state index in [0.717, 1.165) is 16.1 Å². The Morgan fingerprint density at radius 1 is 1.00 bits per heavy atom. The molecule has 0 heterocycles. The quantitative estimate of drug-likeness (QED) is 0.389. The summed E-state index contributed by atoms with van der Waals surface area (Å²) in [4.78, 5) is 27.0. The Hall–Kier alpha value is 0.0387. The molecule has 0 saturated carbocycles. The molecular formula is C11H18NO3S3Sn. The van der Waals surface area contributed by atoms with Crippen molar-refractivity contribution in [3.05, 3.63) is 0 Å². The summed E-state index contributed by atoms with van der Waals surface area (Å²) in [6.45, 7) is 2.06. The number of rotatable bonds is 6. The summed E-state index contributed by atoms with van der Waals surface area (Å²) in [6, 6.07) is 0.417. The van der Waals surface area contributed by atoms with Gasteiger partial charge in [-0.15, -0.1) is 0 Å². The molecule has 0 rings (SSSR count). The Kier molecular flexibility index (Phi) is 52.1. The van der Waals surface area contributed by atoms with Crippen LogP contribution in [0.15, 0.2) is 0 Å². The molecule has 107 valence electrons. The molecule has 4 nitrogen and oxygen atoms in total. The van der Waals surface area contributed by atoms with Gasteiger partial charge in [0.05, 0.1) is 0 Å². The van der Waals surface area contributed by atoms with Gasteiger partial charge in [0.15, 0.2) is 18.9 Å². The molecule has 1 atom stereocenters. The van der Waals surface area contributed by atoms with Crippen LogP contribution in [0, 0.1) is 0 Å². The second-order valence-electron chi connectivity index (χ2n) is 2.69. The Labute approximate surface area is 144 Å². The van der Waals surface area contributed by atoms with Crippen LogP contribution in [0.5, 0.6) is 0 Å². The van der Waals surface area contributed by atoms with E-state index in [1.54, 1.807) is 22.5 Å². The largest absolute Gasteiger partial charge is 0.298 e. The van der Waals surface area contributed by atoms with Crippen LogP contribution in [0.3, 0.4) is 0 Å². The van der Waals surface area contributed by atoms with Crippen LogP contribution < -0.4 is 5.73 Å². The van der Waals surface area contributed by atoms with Gasteiger partial charge in [0.2, 0.25) is 0 Å². The van der Waals surface area contributed by atoms with E-state index in [-0.39, 0.29) is 0 Å². The van der Waals surface area contributed by atoms with Crippen molar-refractivity contribution in [2.24, 2.45) is 5.73 Å². The fourth-order valence-electron chi connectivity index (χ4n) is 0.424. The van der Waals surface area contributed by atoms with E-state index in [2.05, 4.69) is 43.6 Å². The summed E-state index contributed by atoms with van der Waals surface area (Å²) in [6.07, 6.45) is 4.21. The summed E-state index contributed by atoms with van der Waals surface area (Å²) in [5, 5.41) is 3.08. The van der Waals surface area contributed by atoms with Gasteiger partial charge in [-0.25, -0.2) is 0 Å². The van der Waals surface area contributed by atoms with E-state index in [1.807, 2.05) is 0 Å². The number of thiocarbonyl (C=S) groups is 3. The van der Waals surface area contributed by atoms with Crippen molar-refractivity contribution < 1.29 is 14.4 Å². The number of nitrogens with two attached hydrogens (primary N) is 1. The van der Waals surface area contributed by atoms with E-state index in [0.29, 0.717) is 24.9 Å². The van der Waals surface area contributed by atoms with E-state index >= 15 is 0 Å². The summed E-state index contributed by atoms with van der Waals surface area (Å²) < 4.78 is 1.36. The van der Waals surface area contributed by atoms with Crippen LogP contribution >= 0.6 is 36.7 Å². The topological polar surface area (TPSA) is 77.2 Å². The van der Waals surface area contributed by atoms with Crippen LogP contribution in [0.1, 0.15) is 19.8 Å². The Morgan fingerprint density at radius 3 is 1.32 bits per heavy atom. The minimum absolute atomic E-state index is 0.417. The van der Waals surface area contributed by atoms with E-state index in [4.69, 9.17) is 20.1 Å². The molecule has 0 fully saturated rings. The second-order valence-corrected chi connectivity index (χ2v) is 4.93. The Bertz CT molecular complexity index is 193. The van der Waals surface area contributed by atoms with E-state index in [1.165, 1.54) is 17.3 Å². The molecule has 3 radical (unpaired) electrons. The zero-order valence-electron chi connectivity index (χ0n) is 10.7. The van der Waals surface area contributed by atoms with Gasteiger partial charge >= 0.3 is 58.5 Å². The van der Waals surface area contributed by atoms with Crippen LogP contribution in [-0.2, 0) is 14.4 Å². The molecule has 0 amide bonds. The fraction of sp³-hybridized carbons (Fsp3) is 0.455. The van der Waals surface area contributed by atoms with Gasteiger partial charge in [0.1, 0.15) is 0 Å². The fourth-order valence-corrected chi connectivity index (χ4v) is 1.01. The predicted octanol–water partition coefficient (Wildman–Crippen LogP) is 1.26. The van der Waals surface area contributed by atoms with Crippen molar-refractivity contribution >= 4 is 94.1 Å². The molecule has 0 saturated heterocycles. The Morgan fingerprint density at radius 2 is 1.26 bits per heavy atom. The first-order chi connectivity index (χ1) is 9.01. The summed E-state index contributed by atoms with van der Waals surface area (Å²) in [7, 11) is 0. The molecule has 0 aliphatic carbocycles. The summed E-state index contributed by atoms with van der Waals surface area (Å²) >= 11 is 13.8. The number of hydrogen-bond donors (Lipinski definition) is 1. The zero-order chi connectivity index (χ0) is 15.9. The van der Waals surface area contributed by atoms with Crippen LogP contribution in [-0.4, -0.2) is 63.5 Å². The first-order valence-corrected chi connectivity index (χ1v) is 8.52. The van der Waals surface area contributed by atoms with Crippen molar-refractivity contribution in [2.75, 3.05) is 0 Å². The SMILES string of the molecule is CC(N)CC[CH2][Sn].O=CC=S.O=CC=S.O=CC=S. The molecular weight excluding hydrogens is 409 g/mol. The first kappa shape index (κ1) is 27.4. The average Bonchev–Trinajstić information content (AvgIpc) is 2.45. The maximum absolute atomic E-state index is 9.01. The summed E-state index contributed by atoms with van der Waals surface area (Å²) in [5.41, 5.74) is 5.49. The standard InChI is InChI=1S/C5H12N.3C2H2OS.Sn/c1-3-4-5(2)6;3*3-1-2-4;/h5H,1,3-4,6H2,2H3;3*1-2H;. The van der Waals surface area contributed by atoms with Crippen molar-refractivity contribution in [2.45, 2.75) is 30.2 Å². The molecule has 1 unspecified atom stereocenters. The van der Waals surface area contributed by atoms with Gasteiger partial charge < -0.3 is 0 Å². The normalized spacial score (nSPS) is 8.37. The predicted molar refractivity (Wildman–Crippen MR) is 92.6 cm³/mol. The average molecular weight is 427 g/mol. The minimum atomic E-state index is 0.417. The van der Waals surface area contributed by atoms with Gasteiger partial charge in [-0.2, -0.15) is 0 Å². The third-order valence-electron chi connectivity index (χ3n) is 1.00. The van der Waals surface area contributed by atoms with Crippen molar-refractivity contribution in [1.29, 1.82) is 0 Å². The molecule has 0 bridgehead atoms. The van der Waals surface area contributed by atoms with Gasteiger partial charge in [-0.1, -0.05) is 36.7 Å². The monoisotopic (exact) mass is 428 g/mol. The van der Waals surface area contributed by atoms with Crippen LogP contribution in [0.25, 0.3) is 0 Å². The van der Waals surface area contributed by atoms with Crippen molar-refractivity contribution in [1.82, 2.24) is 0 Å². The van der Waals surface area contributed by atoms with Crippen molar-refractivity contribution in [3.63, 3.8) is 0 Å². The molecule has 0 aliphatic rings. The zero-order valence-corrected chi connectivity index (χ0v) is 16.0. The van der Waals surface area contributed by atoms with Crippen LogP contribution in [0.4, 0.5) is 0 Å². The van der Waals surface area contributed by atoms with Gasteiger partial charge in [0, 0.05) is 16.1 Å². The number of carbonyl (C=O) groups is 3.